The first-order chi connectivity index (χ1) is 18.5. The Morgan fingerprint density at radius 3 is 2.38 bits per heavy atom. The van der Waals surface area contributed by atoms with Gasteiger partial charge in [-0.2, -0.15) is 0 Å². The molecule has 2 aromatic carbocycles. The van der Waals surface area contributed by atoms with E-state index < -0.39 is 21.9 Å². The molecule has 3 aromatic rings. The maximum atomic E-state index is 14.8. The molecule has 2 heterocycles. The molecule has 0 bridgehead atoms. The highest BCUT2D eigenvalue weighted by atomic mass is 32.2. The lowest BCUT2D eigenvalue weighted by atomic mass is 9.99. The summed E-state index contributed by atoms with van der Waals surface area (Å²) in [5.41, 5.74) is 3.71. The smallest absolute Gasteiger partial charge is 0.307 e. The van der Waals surface area contributed by atoms with E-state index in [0.717, 1.165) is 16.7 Å². The molecule has 1 saturated heterocycles. The fourth-order valence-electron chi connectivity index (χ4n) is 5.48. The zero-order valence-corrected chi connectivity index (χ0v) is 22.9. The Kier molecular flexibility index (Phi) is 7.37. The van der Waals surface area contributed by atoms with Gasteiger partial charge in [0.2, 0.25) is 5.88 Å². The van der Waals surface area contributed by atoms with Crippen LogP contribution in [-0.2, 0) is 14.6 Å². The highest BCUT2D eigenvalue weighted by molar-refractivity contribution is 7.91. The summed E-state index contributed by atoms with van der Waals surface area (Å²) in [6.07, 6.45) is 0.160. The summed E-state index contributed by atoms with van der Waals surface area (Å²) in [4.78, 5) is 15.9. The number of carbonyl (C=O) groups is 1. The third-order valence-corrected chi connectivity index (χ3v) is 9.55. The number of halogens is 1. The van der Waals surface area contributed by atoms with Gasteiger partial charge in [0.15, 0.2) is 9.84 Å². The lowest BCUT2D eigenvalue weighted by Gasteiger charge is -2.23. The number of sulfone groups is 1. The molecular weight excluding hydrogens is 521 g/mol. The maximum absolute atomic E-state index is 14.8. The molecular formula is C30H32FNO6S. The van der Waals surface area contributed by atoms with E-state index >= 15 is 0 Å². The highest BCUT2D eigenvalue weighted by Crippen LogP contribution is 2.53. The standard InChI is InChI=1S/C30H32FNO6S/c1-17-28(29(17)30(33)34)20-4-7-22(8-5-20)37-19(3)25-16-21(6-10-26(25)31)24-9-11-27(32-18(24)2)38-23-12-14-39(35,36)15-13-23/h4-11,16-17,19,23,28-29H,12-15H2,1-3H3,(H,33,34)/t17-,19?,28-,29+/m1/s1. The van der Waals surface area contributed by atoms with Gasteiger partial charge in [-0.3, -0.25) is 4.79 Å². The number of aryl methyl sites for hydroxylation is 1. The van der Waals surface area contributed by atoms with E-state index in [1.54, 1.807) is 37.3 Å². The summed E-state index contributed by atoms with van der Waals surface area (Å²) in [6, 6.07) is 15.9. The Hall–Kier alpha value is -3.46. The van der Waals surface area contributed by atoms with E-state index in [-0.39, 0.29) is 41.2 Å². The minimum absolute atomic E-state index is 0.00977. The molecule has 206 valence electrons. The van der Waals surface area contributed by atoms with Gasteiger partial charge in [0.05, 0.1) is 17.4 Å². The SMILES string of the molecule is Cc1nc(OC2CCS(=O)(=O)CC2)ccc1-c1ccc(F)c(C(C)Oc2ccc([C@H]3[C@@H](C)[C@@H]3C(=O)O)cc2)c1. The van der Waals surface area contributed by atoms with E-state index in [9.17, 15) is 22.7 Å². The number of carboxylic acid groups (broad SMARTS) is 1. The Morgan fingerprint density at radius 1 is 1.08 bits per heavy atom. The van der Waals surface area contributed by atoms with Crippen molar-refractivity contribution in [3.8, 4) is 22.8 Å². The number of aliphatic carboxylic acids is 1. The molecule has 5 rings (SSSR count). The van der Waals surface area contributed by atoms with Gasteiger partial charge in [-0.05, 0) is 74.1 Å². The monoisotopic (exact) mass is 553 g/mol. The quantitative estimate of drug-likeness (QED) is 0.380. The zero-order valence-electron chi connectivity index (χ0n) is 22.1. The van der Waals surface area contributed by atoms with Crippen LogP contribution < -0.4 is 9.47 Å². The van der Waals surface area contributed by atoms with Crippen molar-refractivity contribution in [1.29, 1.82) is 0 Å². The minimum atomic E-state index is -2.96. The van der Waals surface area contributed by atoms with Crippen LogP contribution >= 0.6 is 0 Å². The fraction of sp³-hybridized carbons (Fsp3) is 0.400. The first-order valence-corrected chi connectivity index (χ1v) is 15.0. The van der Waals surface area contributed by atoms with Gasteiger partial charge in [-0.1, -0.05) is 25.1 Å². The van der Waals surface area contributed by atoms with Gasteiger partial charge in [0, 0.05) is 28.8 Å². The second-order valence-corrected chi connectivity index (χ2v) is 12.9. The van der Waals surface area contributed by atoms with Crippen LogP contribution in [0.1, 0.15) is 55.5 Å². The lowest BCUT2D eigenvalue weighted by molar-refractivity contribution is -0.138. The molecule has 1 aromatic heterocycles. The average Bonchev–Trinajstić information content (AvgIpc) is 3.57. The van der Waals surface area contributed by atoms with E-state index in [4.69, 9.17) is 9.47 Å². The molecule has 2 fully saturated rings. The molecule has 0 radical (unpaired) electrons. The molecule has 2 aliphatic rings. The number of benzene rings is 2. The number of nitrogens with zero attached hydrogens (tertiary/aromatic N) is 1. The number of carboxylic acids is 1. The second-order valence-electron chi connectivity index (χ2n) is 10.6. The molecule has 1 N–H and O–H groups in total. The first-order valence-electron chi connectivity index (χ1n) is 13.2. The summed E-state index contributed by atoms with van der Waals surface area (Å²) in [5.74, 6) is -0.111. The Morgan fingerprint density at radius 2 is 1.77 bits per heavy atom. The van der Waals surface area contributed by atoms with Crippen molar-refractivity contribution in [2.75, 3.05) is 11.5 Å². The minimum Gasteiger partial charge on any atom is -0.486 e. The normalized spacial score (nSPS) is 23.1. The second kappa shape index (κ2) is 10.6. The van der Waals surface area contributed by atoms with E-state index in [1.165, 1.54) is 6.07 Å². The Labute approximate surface area is 227 Å². The largest absolute Gasteiger partial charge is 0.486 e. The van der Waals surface area contributed by atoms with Crippen LogP contribution in [0.5, 0.6) is 11.6 Å². The zero-order chi connectivity index (χ0) is 27.9. The van der Waals surface area contributed by atoms with E-state index in [0.29, 0.717) is 35.7 Å². The molecule has 1 aliphatic heterocycles. The molecule has 7 nitrogen and oxygen atoms in total. The van der Waals surface area contributed by atoms with Gasteiger partial charge < -0.3 is 14.6 Å². The van der Waals surface area contributed by atoms with Crippen LogP contribution in [0.4, 0.5) is 4.39 Å². The Balaban J connectivity index is 1.27. The van der Waals surface area contributed by atoms with Crippen LogP contribution in [-0.4, -0.2) is 42.1 Å². The van der Waals surface area contributed by atoms with Crippen molar-refractivity contribution in [3.05, 3.63) is 77.2 Å². The molecule has 9 heteroatoms. The van der Waals surface area contributed by atoms with Gasteiger partial charge in [0.1, 0.15) is 23.8 Å². The number of rotatable bonds is 8. The lowest BCUT2D eigenvalue weighted by Crippen LogP contribution is -2.30. The summed E-state index contributed by atoms with van der Waals surface area (Å²) in [6.45, 7) is 5.58. The number of aromatic nitrogens is 1. The van der Waals surface area contributed by atoms with Crippen LogP contribution in [0, 0.1) is 24.6 Å². The molecule has 39 heavy (non-hydrogen) atoms. The molecule has 0 amide bonds. The molecule has 4 atom stereocenters. The highest BCUT2D eigenvalue weighted by Gasteiger charge is 2.52. The third-order valence-electron chi connectivity index (χ3n) is 7.84. The third kappa shape index (κ3) is 5.93. The van der Waals surface area contributed by atoms with Gasteiger partial charge >= 0.3 is 5.97 Å². The van der Waals surface area contributed by atoms with Crippen molar-refractivity contribution in [3.63, 3.8) is 0 Å². The molecule has 1 aliphatic carbocycles. The van der Waals surface area contributed by atoms with Gasteiger partial charge in [0.25, 0.3) is 0 Å². The van der Waals surface area contributed by atoms with Crippen molar-refractivity contribution in [1.82, 2.24) is 4.98 Å². The number of pyridine rings is 1. The van der Waals surface area contributed by atoms with Crippen LogP contribution in [0.3, 0.4) is 0 Å². The summed E-state index contributed by atoms with van der Waals surface area (Å²) in [5, 5.41) is 9.31. The van der Waals surface area contributed by atoms with Crippen LogP contribution in [0.2, 0.25) is 0 Å². The predicted octanol–water partition coefficient (Wildman–Crippen LogP) is 5.73. The Bertz CT molecular complexity index is 1480. The fourth-order valence-corrected chi connectivity index (χ4v) is 6.93. The summed E-state index contributed by atoms with van der Waals surface area (Å²) >= 11 is 0. The summed E-state index contributed by atoms with van der Waals surface area (Å²) in [7, 11) is -2.96. The van der Waals surface area contributed by atoms with E-state index in [1.807, 2.05) is 32.0 Å². The van der Waals surface area contributed by atoms with Crippen molar-refractivity contribution < 1.29 is 32.2 Å². The first kappa shape index (κ1) is 27.1. The number of hydrogen-bond acceptors (Lipinski definition) is 6. The van der Waals surface area contributed by atoms with Crippen molar-refractivity contribution in [2.45, 2.75) is 51.7 Å². The van der Waals surface area contributed by atoms with E-state index in [2.05, 4.69) is 4.98 Å². The maximum Gasteiger partial charge on any atom is 0.307 e. The van der Waals surface area contributed by atoms with Crippen molar-refractivity contribution >= 4 is 15.8 Å². The molecule has 1 saturated carbocycles. The van der Waals surface area contributed by atoms with Crippen LogP contribution in [0.25, 0.3) is 11.1 Å². The number of hydrogen-bond donors (Lipinski definition) is 1. The average molecular weight is 554 g/mol. The molecule has 0 spiro atoms. The summed E-state index contributed by atoms with van der Waals surface area (Å²) < 4.78 is 50.1. The predicted molar refractivity (Wildman–Crippen MR) is 145 cm³/mol. The van der Waals surface area contributed by atoms with Crippen molar-refractivity contribution in [2.24, 2.45) is 11.8 Å². The van der Waals surface area contributed by atoms with Gasteiger partial charge in [-0.15, -0.1) is 0 Å². The number of ether oxygens (including phenoxy) is 2. The topological polar surface area (TPSA) is 103 Å². The van der Waals surface area contributed by atoms with Gasteiger partial charge in [-0.25, -0.2) is 17.8 Å². The van der Waals surface area contributed by atoms with Crippen LogP contribution in [0.15, 0.2) is 54.6 Å². The molecule has 1 unspecified atom stereocenters.